The first kappa shape index (κ1) is 14.7. The molecule has 0 unspecified atom stereocenters. The fourth-order valence-corrected chi connectivity index (χ4v) is 2.52. The van der Waals surface area contributed by atoms with E-state index in [1.165, 1.54) is 0 Å². The van der Waals surface area contributed by atoms with E-state index >= 15 is 0 Å². The van der Waals surface area contributed by atoms with Crippen LogP contribution in [0, 0.1) is 0 Å². The number of anilines is 1. The summed E-state index contributed by atoms with van der Waals surface area (Å²) in [5.74, 6) is 1.36. The Morgan fingerprint density at radius 2 is 2.10 bits per heavy atom. The summed E-state index contributed by atoms with van der Waals surface area (Å²) in [5, 5.41) is 3.27. The van der Waals surface area contributed by atoms with Crippen molar-refractivity contribution in [3.63, 3.8) is 0 Å². The van der Waals surface area contributed by atoms with Crippen LogP contribution in [0.15, 0.2) is 12.4 Å². The SMILES string of the molecule is COCCNc1nccnc1C1CCN(C(C)=O)CC1. The maximum Gasteiger partial charge on any atom is 0.219 e. The number of amides is 1. The van der Waals surface area contributed by atoms with Crippen LogP contribution in [0.3, 0.4) is 0 Å². The van der Waals surface area contributed by atoms with Crippen molar-refractivity contribution in [1.29, 1.82) is 0 Å². The zero-order chi connectivity index (χ0) is 14.4. The van der Waals surface area contributed by atoms with Gasteiger partial charge in [0.1, 0.15) is 5.82 Å². The van der Waals surface area contributed by atoms with Crippen LogP contribution in [0.2, 0.25) is 0 Å². The fraction of sp³-hybridized carbons (Fsp3) is 0.643. The lowest BCUT2D eigenvalue weighted by Gasteiger charge is -2.31. The van der Waals surface area contributed by atoms with Gasteiger partial charge in [-0.05, 0) is 12.8 Å². The van der Waals surface area contributed by atoms with Gasteiger partial charge >= 0.3 is 0 Å². The molecule has 1 fully saturated rings. The van der Waals surface area contributed by atoms with Crippen LogP contribution in [0.4, 0.5) is 5.82 Å². The third-order valence-corrected chi connectivity index (χ3v) is 3.65. The number of hydrogen-bond donors (Lipinski definition) is 1. The van der Waals surface area contributed by atoms with Crippen LogP contribution in [0.1, 0.15) is 31.4 Å². The Hall–Kier alpha value is -1.69. The molecule has 0 spiro atoms. The molecule has 0 atom stereocenters. The van der Waals surface area contributed by atoms with E-state index in [4.69, 9.17) is 4.74 Å². The number of aromatic nitrogens is 2. The third kappa shape index (κ3) is 3.66. The number of nitrogens with one attached hydrogen (secondary N) is 1. The van der Waals surface area contributed by atoms with E-state index in [0.29, 0.717) is 19.1 Å². The molecule has 0 saturated carbocycles. The maximum atomic E-state index is 11.4. The number of ether oxygens (including phenoxy) is 1. The van der Waals surface area contributed by atoms with Crippen LogP contribution < -0.4 is 5.32 Å². The fourth-order valence-electron chi connectivity index (χ4n) is 2.52. The molecule has 1 aliphatic heterocycles. The van der Waals surface area contributed by atoms with Gasteiger partial charge in [-0.1, -0.05) is 0 Å². The van der Waals surface area contributed by atoms with E-state index in [2.05, 4.69) is 15.3 Å². The average Bonchev–Trinajstić information content (AvgIpc) is 2.48. The topological polar surface area (TPSA) is 67.3 Å². The molecule has 0 bridgehead atoms. The van der Waals surface area contributed by atoms with Crippen LogP contribution in [0.5, 0.6) is 0 Å². The normalized spacial score (nSPS) is 16.2. The molecule has 2 rings (SSSR count). The van der Waals surface area contributed by atoms with Gasteiger partial charge in [-0.3, -0.25) is 9.78 Å². The van der Waals surface area contributed by atoms with E-state index in [0.717, 1.165) is 37.4 Å². The Balaban J connectivity index is 2.00. The summed E-state index contributed by atoms with van der Waals surface area (Å²) in [5.41, 5.74) is 1.01. The molecule has 110 valence electrons. The average molecular weight is 278 g/mol. The Morgan fingerprint density at radius 3 is 2.75 bits per heavy atom. The zero-order valence-corrected chi connectivity index (χ0v) is 12.1. The first-order valence-corrected chi connectivity index (χ1v) is 7.01. The minimum atomic E-state index is 0.154. The summed E-state index contributed by atoms with van der Waals surface area (Å²) in [6.07, 6.45) is 5.31. The van der Waals surface area contributed by atoms with Crippen molar-refractivity contribution in [2.45, 2.75) is 25.7 Å². The predicted octanol–water partition coefficient (Wildman–Crippen LogP) is 1.26. The van der Waals surface area contributed by atoms with Gasteiger partial charge in [0.15, 0.2) is 0 Å². The minimum Gasteiger partial charge on any atom is -0.383 e. The number of hydrogen-bond acceptors (Lipinski definition) is 5. The molecular weight excluding hydrogens is 256 g/mol. The van der Waals surface area contributed by atoms with Crippen molar-refractivity contribution in [1.82, 2.24) is 14.9 Å². The molecule has 1 aromatic rings. The largest absolute Gasteiger partial charge is 0.383 e. The molecule has 6 nitrogen and oxygen atoms in total. The zero-order valence-electron chi connectivity index (χ0n) is 12.1. The van der Waals surface area contributed by atoms with Crippen LogP contribution in [-0.2, 0) is 9.53 Å². The summed E-state index contributed by atoms with van der Waals surface area (Å²) < 4.78 is 5.03. The van der Waals surface area contributed by atoms with Gasteiger partial charge < -0.3 is 15.0 Å². The van der Waals surface area contributed by atoms with Crippen molar-refractivity contribution in [3.8, 4) is 0 Å². The number of carbonyl (C=O) groups excluding carboxylic acids is 1. The number of likely N-dealkylation sites (tertiary alicyclic amines) is 1. The van der Waals surface area contributed by atoms with Gasteiger partial charge in [-0.2, -0.15) is 0 Å². The summed E-state index contributed by atoms with van der Waals surface area (Å²) in [6.45, 7) is 4.58. The smallest absolute Gasteiger partial charge is 0.219 e. The Labute approximate surface area is 119 Å². The Kier molecular flexibility index (Phi) is 5.29. The molecule has 0 aliphatic carbocycles. The maximum absolute atomic E-state index is 11.4. The summed E-state index contributed by atoms with van der Waals surface area (Å²) >= 11 is 0. The lowest BCUT2D eigenvalue weighted by molar-refractivity contribution is -0.129. The number of rotatable bonds is 5. The monoisotopic (exact) mass is 278 g/mol. The second-order valence-electron chi connectivity index (χ2n) is 4.99. The van der Waals surface area contributed by atoms with E-state index in [-0.39, 0.29) is 5.91 Å². The Morgan fingerprint density at radius 1 is 1.40 bits per heavy atom. The molecule has 1 amide bonds. The molecule has 1 N–H and O–H groups in total. The summed E-state index contributed by atoms with van der Waals surface area (Å²) in [4.78, 5) is 22.1. The molecule has 1 saturated heterocycles. The number of nitrogens with zero attached hydrogens (tertiary/aromatic N) is 3. The highest BCUT2D eigenvalue weighted by Gasteiger charge is 2.25. The molecule has 6 heteroatoms. The second-order valence-corrected chi connectivity index (χ2v) is 4.99. The summed E-state index contributed by atoms with van der Waals surface area (Å²) in [6, 6.07) is 0. The van der Waals surface area contributed by atoms with Crippen LogP contribution in [0.25, 0.3) is 0 Å². The van der Waals surface area contributed by atoms with E-state index in [1.807, 2.05) is 4.90 Å². The first-order valence-electron chi connectivity index (χ1n) is 7.01. The number of piperidine rings is 1. The van der Waals surface area contributed by atoms with Crippen molar-refractivity contribution >= 4 is 11.7 Å². The van der Waals surface area contributed by atoms with Crippen molar-refractivity contribution < 1.29 is 9.53 Å². The number of methoxy groups -OCH3 is 1. The number of carbonyl (C=O) groups is 1. The predicted molar refractivity (Wildman–Crippen MR) is 76.6 cm³/mol. The molecule has 2 heterocycles. The minimum absolute atomic E-state index is 0.154. The van der Waals surface area contributed by atoms with E-state index in [9.17, 15) is 4.79 Å². The summed E-state index contributed by atoms with van der Waals surface area (Å²) in [7, 11) is 1.68. The lowest BCUT2D eigenvalue weighted by atomic mass is 9.93. The van der Waals surface area contributed by atoms with Crippen molar-refractivity contribution in [2.24, 2.45) is 0 Å². The van der Waals surface area contributed by atoms with Crippen molar-refractivity contribution in [2.75, 3.05) is 38.7 Å². The highest BCUT2D eigenvalue weighted by molar-refractivity contribution is 5.73. The molecule has 1 aromatic heterocycles. The highest BCUT2D eigenvalue weighted by atomic mass is 16.5. The van der Waals surface area contributed by atoms with Gasteiger partial charge in [0.2, 0.25) is 5.91 Å². The third-order valence-electron chi connectivity index (χ3n) is 3.65. The van der Waals surface area contributed by atoms with Gasteiger partial charge in [-0.15, -0.1) is 0 Å². The molecule has 0 radical (unpaired) electrons. The molecular formula is C14H22N4O2. The second kappa shape index (κ2) is 7.19. The van der Waals surface area contributed by atoms with Crippen molar-refractivity contribution in [3.05, 3.63) is 18.1 Å². The van der Waals surface area contributed by atoms with Gasteiger partial charge in [-0.25, -0.2) is 4.98 Å². The lowest BCUT2D eigenvalue weighted by Crippen LogP contribution is -2.36. The van der Waals surface area contributed by atoms with Crippen LogP contribution in [-0.4, -0.2) is 54.1 Å². The Bertz CT molecular complexity index is 445. The van der Waals surface area contributed by atoms with E-state index < -0.39 is 0 Å². The standard InChI is InChI=1S/C14H22N4O2/c1-11(19)18-8-3-12(4-9-18)13-14(16-6-5-15-13)17-7-10-20-2/h5-6,12H,3-4,7-10H2,1-2H3,(H,16,17). The van der Waals surface area contributed by atoms with Gasteiger partial charge in [0.25, 0.3) is 0 Å². The highest BCUT2D eigenvalue weighted by Crippen LogP contribution is 2.30. The first-order chi connectivity index (χ1) is 9.72. The van der Waals surface area contributed by atoms with Crippen LogP contribution >= 0.6 is 0 Å². The molecule has 0 aromatic carbocycles. The molecule has 20 heavy (non-hydrogen) atoms. The molecule has 1 aliphatic rings. The van der Waals surface area contributed by atoms with Gasteiger partial charge in [0, 0.05) is 52.0 Å². The van der Waals surface area contributed by atoms with E-state index in [1.54, 1.807) is 26.4 Å². The van der Waals surface area contributed by atoms with Gasteiger partial charge in [0.05, 0.1) is 12.3 Å². The quantitative estimate of drug-likeness (QED) is 0.821.